The maximum absolute atomic E-state index is 12.5. The van der Waals surface area contributed by atoms with E-state index >= 15 is 0 Å². The van der Waals surface area contributed by atoms with Crippen LogP contribution in [0.2, 0.25) is 0 Å². The first-order valence-corrected chi connectivity index (χ1v) is 11.3. The van der Waals surface area contributed by atoms with Crippen molar-refractivity contribution in [2.75, 3.05) is 18.9 Å². The van der Waals surface area contributed by atoms with E-state index < -0.39 is 18.0 Å². The third-order valence-electron chi connectivity index (χ3n) is 5.38. The molecule has 0 atom stereocenters. The Kier molecular flexibility index (Phi) is 6.60. The standard InChI is InChI=1S/C22H21F3N4O4S/c1-29(11-17(30)26-12-5-7-13(8-6-12)33-22(23,24)25)18(31)10-9-16-27-20(32)19-14-3-2-4-15(14)34-21(19)28-16/h5-8H,2-4,9-11H2,1H3,(H,26,30)(H,27,28,32). The molecule has 1 aromatic carbocycles. The molecule has 1 aliphatic rings. The molecule has 1 aliphatic carbocycles. The molecule has 0 unspecified atom stereocenters. The number of likely N-dealkylation sites (N-methyl/N-ethyl adjacent to an activating group) is 1. The van der Waals surface area contributed by atoms with Gasteiger partial charge in [-0.3, -0.25) is 14.4 Å². The number of rotatable bonds is 7. The van der Waals surface area contributed by atoms with Crippen molar-refractivity contribution in [3.8, 4) is 5.75 Å². The normalized spacial score (nSPS) is 13.1. The Morgan fingerprint density at radius 3 is 2.68 bits per heavy atom. The summed E-state index contributed by atoms with van der Waals surface area (Å²) in [6.07, 6.45) is -1.64. The molecule has 0 saturated heterocycles. The minimum absolute atomic E-state index is 0.0484. The number of nitrogens with zero attached hydrogens (tertiary/aromatic N) is 2. The van der Waals surface area contributed by atoms with E-state index in [1.807, 2.05) is 0 Å². The Labute approximate surface area is 195 Å². The number of H-pyrrole nitrogens is 1. The maximum atomic E-state index is 12.5. The predicted molar refractivity (Wildman–Crippen MR) is 120 cm³/mol. The van der Waals surface area contributed by atoms with Gasteiger partial charge in [0.2, 0.25) is 11.8 Å². The Morgan fingerprint density at radius 2 is 1.97 bits per heavy atom. The fraction of sp³-hybridized carbons (Fsp3) is 0.364. The highest BCUT2D eigenvalue weighted by atomic mass is 32.1. The second-order valence-electron chi connectivity index (χ2n) is 7.92. The topological polar surface area (TPSA) is 104 Å². The van der Waals surface area contributed by atoms with Gasteiger partial charge in [-0.1, -0.05) is 0 Å². The molecule has 2 N–H and O–H groups in total. The first-order chi connectivity index (χ1) is 16.1. The molecular weight excluding hydrogens is 473 g/mol. The van der Waals surface area contributed by atoms with Gasteiger partial charge in [0.15, 0.2) is 0 Å². The van der Waals surface area contributed by atoms with Crippen LogP contribution in [0.25, 0.3) is 10.2 Å². The third kappa shape index (κ3) is 5.56. The van der Waals surface area contributed by atoms with E-state index in [9.17, 15) is 27.6 Å². The molecule has 2 amide bonds. The summed E-state index contributed by atoms with van der Waals surface area (Å²) in [5.74, 6) is -0.818. The van der Waals surface area contributed by atoms with E-state index in [4.69, 9.17) is 0 Å². The summed E-state index contributed by atoms with van der Waals surface area (Å²) in [6, 6.07) is 4.68. The number of fused-ring (bicyclic) bond motifs is 3. The van der Waals surface area contributed by atoms with Gasteiger partial charge in [0.1, 0.15) is 16.4 Å². The molecule has 34 heavy (non-hydrogen) atoms. The largest absolute Gasteiger partial charge is 0.573 e. The molecule has 2 aromatic heterocycles. The van der Waals surface area contributed by atoms with Crippen LogP contribution in [0.4, 0.5) is 18.9 Å². The number of nitrogens with one attached hydrogen (secondary N) is 2. The number of ether oxygens (including phenoxy) is 1. The van der Waals surface area contributed by atoms with Crippen LogP contribution in [-0.4, -0.2) is 46.6 Å². The summed E-state index contributed by atoms with van der Waals surface area (Å²) < 4.78 is 40.4. The zero-order chi connectivity index (χ0) is 24.5. The summed E-state index contributed by atoms with van der Waals surface area (Å²) in [5.41, 5.74) is 1.16. The number of carbonyl (C=O) groups is 2. The highest BCUT2D eigenvalue weighted by Gasteiger charge is 2.31. The third-order valence-corrected chi connectivity index (χ3v) is 6.56. The van der Waals surface area contributed by atoms with Gasteiger partial charge in [-0.2, -0.15) is 0 Å². The van der Waals surface area contributed by atoms with Crippen molar-refractivity contribution in [2.24, 2.45) is 0 Å². The van der Waals surface area contributed by atoms with E-state index in [0.717, 1.165) is 37.0 Å². The van der Waals surface area contributed by atoms with Crippen molar-refractivity contribution >= 4 is 39.1 Å². The molecule has 4 rings (SSSR count). The molecule has 180 valence electrons. The highest BCUT2D eigenvalue weighted by molar-refractivity contribution is 7.18. The lowest BCUT2D eigenvalue weighted by atomic mass is 10.2. The second kappa shape index (κ2) is 9.45. The zero-order valence-corrected chi connectivity index (χ0v) is 18.9. The van der Waals surface area contributed by atoms with Gasteiger partial charge < -0.3 is 19.9 Å². The number of hydrogen-bond donors (Lipinski definition) is 2. The molecule has 0 fully saturated rings. The van der Waals surface area contributed by atoms with Crippen molar-refractivity contribution in [3.63, 3.8) is 0 Å². The Morgan fingerprint density at radius 1 is 1.24 bits per heavy atom. The number of anilines is 1. The highest BCUT2D eigenvalue weighted by Crippen LogP contribution is 2.34. The molecule has 0 saturated carbocycles. The van der Waals surface area contributed by atoms with Crippen molar-refractivity contribution < 1.29 is 27.5 Å². The lowest BCUT2D eigenvalue weighted by Crippen LogP contribution is -2.35. The smallest absolute Gasteiger partial charge is 0.406 e. The molecule has 12 heteroatoms. The molecule has 0 radical (unpaired) electrons. The molecule has 8 nitrogen and oxygen atoms in total. The van der Waals surface area contributed by atoms with Crippen molar-refractivity contribution in [1.29, 1.82) is 0 Å². The van der Waals surface area contributed by atoms with E-state index in [1.54, 1.807) is 0 Å². The van der Waals surface area contributed by atoms with E-state index in [2.05, 4.69) is 20.0 Å². The second-order valence-corrected chi connectivity index (χ2v) is 9.00. The van der Waals surface area contributed by atoms with Gasteiger partial charge in [0, 0.05) is 30.5 Å². The molecular formula is C22H21F3N4O4S. The van der Waals surface area contributed by atoms with Crippen molar-refractivity contribution in [3.05, 3.63) is 50.9 Å². The van der Waals surface area contributed by atoms with Crippen LogP contribution in [0.3, 0.4) is 0 Å². The average Bonchev–Trinajstić information content (AvgIpc) is 3.33. The summed E-state index contributed by atoms with van der Waals surface area (Å²) in [4.78, 5) is 47.5. The predicted octanol–water partition coefficient (Wildman–Crippen LogP) is 3.40. The van der Waals surface area contributed by atoms with Gasteiger partial charge in [0.05, 0.1) is 11.9 Å². The number of halogens is 3. The van der Waals surface area contributed by atoms with Gasteiger partial charge >= 0.3 is 6.36 Å². The Bertz CT molecular complexity index is 1280. The summed E-state index contributed by atoms with van der Waals surface area (Å²) >= 11 is 1.53. The quantitative estimate of drug-likeness (QED) is 0.524. The van der Waals surface area contributed by atoms with Crippen LogP contribution < -0.4 is 15.6 Å². The number of aromatic amines is 1. The number of carbonyl (C=O) groups excluding carboxylic acids is 2. The maximum Gasteiger partial charge on any atom is 0.573 e. The molecule has 0 bridgehead atoms. The van der Waals surface area contributed by atoms with Crippen LogP contribution in [0.15, 0.2) is 29.1 Å². The molecule has 2 heterocycles. The van der Waals surface area contributed by atoms with Crippen molar-refractivity contribution in [1.82, 2.24) is 14.9 Å². The number of thiophene rings is 1. The molecule has 0 aliphatic heterocycles. The summed E-state index contributed by atoms with van der Waals surface area (Å²) in [6.45, 7) is -0.250. The lowest BCUT2D eigenvalue weighted by molar-refractivity contribution is -0.274. The van der Waals surface area contributed by atoms with Crippen LogP contribution in [0.1, 0.15) is 29.1 Å². The van der Waals surface area contributed by atoms with Crippen LogP contribution in [0.5, 0.6) is 5.75 Å². The van der Waals surface area contributed by atoms with Gasteiger partial charge in [-0.05, 0) is 49.1 Å². The number of alkyl halides is 3. The number of aromatic nitrogens is 2. The van der Waals surface area contributed by atoms with Crippen molar-refractivity contribution in [2.45, 2.75) is 38.5 Å². The summed E-state index contributed by atoms with van der Waals surface area (Å²) in [5, 5.41) is 3.16. The fourth-order valence-corrected chi connectivity index (χ4v) is 5.11. The van der Waals surface area contributed by atoms with E-state index in [0.29, 0.717) is 16.0 Å². The molecule has 0 spiro atoms. The summed E-state index contributed by atoms with van der Waals surface area (Å²) in [7, 11) is 1.46. The zero-order valence-electron chi connectivity index (χ0n) is 18.1. The van der Waals surface area contributed by atoms with Crippen LogP contribution in [0, 0.1) is 0 Å². The minimum Gasteiger partial charge on any atom is -0.406 e. The van der Waals surface area contributed by atoms with Gasteiger partial charge in [-0.15, -0.1) is 24.5 Å². The Balaban J connectivity index is 1.29. The minimum atomic E-state index is -4.80. The van der Waals surface area contributed by atoms with Gasteiger partial charge in [-0.25, -0.2) is 4.98 Å². The average molecular weight is 494 g/mol. The van der Waals surface area contributed by atoms with Crippen LogP contribution in [-0.2, 0) is 28.9 Å². The SMILES string of the molecule is CN(CC(=O)Nc1ccc(OC(F)(F)F)cc1)C(=O)CCc1nc2sc3c(c2c(=O)[nH]1)CCC3. The number of hydrogen-bond acceptors (Lipinski definition) is 6. The fourth-order valence-electron chi connectivity index (χ4n) is 3.83. The monoisotopic (exact) mass is 494 g/mol. The lowest BCUT2D eigenvalue weighted by Gasteiger charge is -2.17. The number of aryl methyl sites for hydroxylation is 3. The molecule has 3 aromatic rings. The number of benzene rings is 1. The number of amides is 2. The Hall–Kier alpha value is -3.41. The van der Waals surface area contributed by atoms with E-state index in [1.165, 1.54) is 40.3 Å². The van der Waals surface area contributed by atoms with Gasteiger partial charge in [0.25, 0.3) is 5.56 Å². The first kappa shape index (κ1) is 23.7. The van der Waals surface area contributed by atoms with Crippen LogP contribution >= 0.6 is 11.3 Å². The van der Waals surface area contributed by atoms with E-state index in [-0.39, 0.29) is 36.5 Å². The first-order valence-electron chi connectivity index (χ1n) is 10.5.